The molecule has 1 aliphatic rings. The first-order valence-electron chi connectivity index (χ1n) is 10.1. The Balaban J connectivity index is 1.35. The highest BCUT2D eigenvalue weighted by Crippen LogP contribution is 2.26. The number of rotatable bonds is 5. The fourth-order valence-electron chi connectivity index (χ4n) is 3.84. The molecule has 0 radical (unpaired) electrons. The Labute approximate surface area is 179 Å². The van der Waals surface area contributed by atoms with Crippen molar-refractivity contribution in [3.05, 3.63) is 64.9 Å². The van der Waals surface area contributed by atoms with Crippen LogP contribution >= 0.6 is 11.3 Å². The van der Waals surface area contributed by atoms with Gasteiger partial charge in [-0.25, -0.2) is 9.67 Å². The number of aromatic nitrogens is 3. The zero-order chi connectivity index (χ0) is 21.1. The van der Waals surface area contributed by atoms with E-state index < -0.39 is 0 Å². The van der Waals surface area contributed by atoms with Gasteiger partial charge in [0.1, 0.15) is 12.7 Å². The topological polar surface area (TPSA) is 71.3 Å². The number of likely N-dealkylation sites (tertiary alicyclic amines) is 1. The Hall–Kier alpha value is -3.00. The van der Waals surface area contributed by atoms with Crippen LogP contribution < -0.4 is 0 Å². The van der Waals surface area contributed by atoms with E-state index in [1.807, 2.05) is 65.5 Å². The highest BCUT2D eigenvalue weighted by molar-refractivity contribution is 7.12. The molecule has 3 heterocycles. The number of hydrogen-bond donors (Lipinski definition) is 0. The van der Waals surface area contributed by atoms with E-state index in [4.69, 9.17) is 0 Å². The van der Waals surface area contributed by atoms with Gasteiger partial charge in [-0.1, -0.05) is 18.2 Å². The number of thiophene rings is 1. The molecule has 7 nitrogen and oxygen atoms in total. The van der Waals surface area contributed by atoms with Gasteiger partial charge in [0.15, 0.2) is 0 Å². The number of benzene rings is 1. The Morgan fingerprint density at radius 2 is 1.90 bits per heavy atom. The van der Waals surface area contributed by atoms with E-state index >= 15 is 0 Å². The molecule has 3 aromatic rings. The summed E-state index contributed by atoms with van der Waals surface area (Å²) in [6.07, 6.45) is 4.57. The highest BCUT2D eigenvalue weighted by Gasteiger charge is 2.31. The van der Waals surface area contributed by atoms with Crippen LogP contribution in [0.4, 0.5) is 0 Å². The predicted octanol–water partition coefficient (Wildman–Crippen LogP) is 3.40. The van der Waals surface area contributed by atoms with E-state index in [2.05, 4.69) is 10.1 Å². The van der Waals surface area contributed by atoms with Gasteiger partial charge in [-0.05, 0) is 48.9 Å². The second kappa shape index (κ2) is 8.79. The van der Waals surface area contributed by atoms with Crippen molar-refractivity contribution in [2.24, 2.45) is 5.92 Å². The average molecular weight is 424 g/mol. The Morgan fingerprint density at radius 3 is 2.50 bits per heavy atom. The normalized spacial score (nSPS) is 15.7. The molecule has 2 aromatic heterocycles. The first kappa shape index (κ1) is 20.3. The smallest absolute Gasteiger partial charge is 0.263 e. The second-order valence-corrected chi connectivity index (χ2v) is 8.55. The van der Waals surface area contributed by atoms with Gasteiger partial charge in [0, 0.05) is 26.1 Å². The molecular formula is C22H25N5O2S. The maximum atomic E-state index is 13.1. The summed E-state index contributed by atoms with van der Waals surface area (Å²) >= 11 is 1.46. The van der Waals surface area contributed by atoms with Crippen LogP contribution in [0.15, 0.2) is 54.4 Å². The molecule has 1 atom stereocenters. The van der Waals surface area contributed by atoms with Gasteiger partial charge in [0.2, 0.25) is 5.91 Å². The highest BCUT2D eigenvalue weighted by atomic mass is 32.1. The number of nitrogens with zero attached hydrogens (tertiary/aromatic N) is 5. The summed E-state index contributed by atoms with van der Waals surface area (Å²) < 4.78 is 1.70. The Morgan fingerprint density at radius 1 is 1.17 bits per heavy atom. The Bertz CT molecular complexity index is 977. The van der Waals surface area contributed by atoms with Crippen LogP contribution in [0.5, 0.6) is 0 Å². The Kier molecular flexibility index (Phi) is 5.94. The molecule has 0 spiro atoms. The number of carbonyl (C=O) groups excluding carboxylic acids is 2. The minimum Gasteiger partial charge on any atom is -0.339 e. The molecule has 4 rings (SSSR count). The fourth-order valence-corrected chi connectivity index (χ4v) is 4.53. The third-order valence-electron chi connectivity index (χ3n) is 5.85. The van der Waals surface area contributed by atoms with Crippen LogP contribution in [-0.2, 0) is 4.79 Å². The SMILES string of the molecule is C[C@@H](c1ccc(-n2cncn2)cc1)N(C)C(=O)C1CCN(C(=O)c2cccs2)CC1. The molecule has 8 heteroatoms. The summed E-state index contributed by atoms with van der Waals surface area (Å²) in [6, 6.07) is 11.7. The number of amides is 2. The molecular weight excluding hydrogens is 398 g/mol. The van der Waals surface area contributed by atoms with Crippen LogP contribution in [0, 0.1) is 5.92 Å². The summed E-state index contributed by atoms with van der Waals surface area (Å²) in [4.78, 5) is 34.0. The van der Waals surface area contributed by atoms with Crippen LogP contribution in [0.1, 0.15) is 41.0 Å². The maximum absolute atomic E-state index is 13.1. The third-order valence-corrected chi connectivity index (χ3v) is 6.71. The number of carbonyl (C=O) groups is 2. The summed E-state index contributed by atoms with van der Waals surface area (Å²) in [5.74, 6) is 0.176. The predicted molar refractivity (Wildman–Crippen MR) is 115 cm³/mol. The molecule has 1 aromatic carbocycles. The van der Waals surface area contributed by atoms with Crippen molar-refractivity contribution in [1.82, 2.24) is 24.6 Å². The second-order valence-electron chi connectivity index (χ2n) is 7.60. The lowest BCUT2D eigenvalue weighted by Crippen LogP contribution is -2.43. The lowest BCUT2D eigenvalue weighted by molar-refractivity contribution is -0.137. The first-order valence-corrected chi connectivity index (χ1v) is 11.0. The molecule has 0 bridgehead atoms. The average Bonchev–Trinajstić information content (AvgIpc) is 3.52. The van der Waals surface area contributed by atoms with Crippen molar-refractivity contribution in [3.8, 4) is 5.69 Å². The van der Waals surface area contributed by atoms with Crippen molar-refractivity contribution >= 4 is 23.2 Å². The molecule has 0 aliphatic carbocycles. The van der Waals surface area contributed by atoms with Gasteiger partial charge < -0.3 is 9.80 Å². The molecule has 1 fully saturated rings. The molecule has 30 heavy (non-hydrogen) atoms. The van der Waals surface area contributed by atoms with Crippen molar-refractivity contribution in [2.75, 3.05) is 20.1 Å². The summed E-state index contributed by atoms with van der Waals surface area (Å²) in [6.45, 7) is 3.29. The van der Waals surface area contributed by atoms with E-state index in [1.165, 1.54) is 17.7 Å². The van der Waals surface area contributed by atoms with Gasteiger partial charge in [-0.3, -0.25) is 9.59 Å². The van der Waals surface area contributed by atoms with Crippen LogP contribution in [0.3, 0.4) is 0 Å². The van der Waals surface area contributed by atoms with Crippen LogP contribution in [0.25, 0.3) is 5.69 Å². The standard InChI is InChI=1S/C22H25N5O2S/c1-16(17-5-7-19(8-6-17)27-15-23-14-24-27)25(2)21(28)18-9-11-26(12-10-18)22(29)20-4-3-13-30-20/h3-8,13-16,18H,9-12H2,1-2H3/t16-/m0/s1. The van der Waals surface area contributed by atoms with Gasteiger partial charge in [0.25, 0.3) is 5.91 Å². The van der Waals surface area contributed by atoms with Gasteiger partial charge in [-0.15, -0.1) is 11.3 Å². The first-order chi connectivity index (χ1) is 14.5. The minimum atomic E-state index is -0.0424. The molecule has 0 saturated carbocycles. The molecule has 156 valence electrons. The van der Waals surface area contributed by atoms with Crippen molar-refractivity contribution in [3.63, 3.8) is 0 Å². The molecule has 2 amide bonds. The van der Waals surface area contributed by atoms with E-state index in [0.717, 1.165) is 16.1 Å². The van der Waals surface area contributed by atoms with E-state index in [0.29, 0.717) is 25.9 Å². The quantitative estimate of drug-likeness (QED) is 0.631. The van der Waals surface area contributed by atoms with Gasteiger partial charge >= 0.3 is 0 Å². The summed E-state index contributed by atoms with van der Waals surface area (Å²) in [7, 11) is 1.86. The molecule has 0 N–H and O–H groups in total. The van der Waals surface area contributed by atoms with Crippen LogP contribution in [0.2, 0.25) is 0 Å². The van der Waals surface area contributed by atoms with E-state index in [1.54, 1.807) is 11.0 Å². The number of hydrogen-bond acceptors (Lipinski definition) is 5. The van der Waals surface area contributed by atoms with Crippen molar-refractivity contribution in [1.29, 1.82) is 0 Å². The minimum absolute atomic E-state index is 0.0342. The zero-order valence-electron chi connectivity index (χ0n) is 17.1. The summed E-state index contributed by atoms with van der Waals surface area (Å²) in [5, 5.41) is 6.05. The third kappa shape index (κ3) is 4.14. The zero-order valence-corrected chi connectivity index (χ0v) is 18.0. The lowest BCUT2D eigenvalue weighted by atomic mass is 9.94. The fraction of sp³-hybridized carbons (Fsp3) is 0.364. The maximum Gasteiger partial charge on any atom is 0.263 e. The molecule has 0 unspecified atom stereocenters. The molecule has 1 aliphatic heterocycles. The van der Waals surface area contributed by atoms with Gasteiger partial charge in [0.05, 0.1) is 16.6 Å². The largest absolute Gasteiger partial charge is 0.339 e. The monoisotopic (exact) mass is 423 g/mol. The summed E-state index contributed by atoms with van der Waals surface area (Å²) in [5.41, 5.74) is 2.00. The van der Waals surface area contributed by atoms with Crippen molar-refractivity contribution < 1.29 is 9.59 Å². The van der Waals surface area contributed by atoms with Gasteiger partial charge in [-0.2, -0.15) is 5.10 Å². The lowest BCUT2D eigenvalue weighted by Gasteiger charge is -2.35. The van der Waals surface area contributed by atoms with Crippen LogP contribution in [-0.4, -0.2) is 56.5 Å². The van der Waals surface area contributed by atoms with E-state index in [9.17, 15) is 9.59 Å². The van der Waals surface area contributed by atoms with Crippen molar-refractivity contribution in [2.45, 2.75) is 25.8 Å². The van der Waals surface area contributed by atoms with E-state index in [-0.39, 0.29) is 23.8 Å². The number of piperidine rings is 1. The molecule has 1 saturated heterocycles.